The molecule has 0 aliphatic carbocycles. The van der Waals surface area contributed by atoms with Gasteiger partial charge in [-0.15, -0.1) is 0 Å². The van der Waals surface area contributed by atoms with Crippen LogP contribution in [0.3, 0.4) is 0 Å². The predicted octanol–water partition coefficient (Wildman–Crippen LogP) is 1.22. The van der Waals surface area contributed by atoms with Gasteiger partial charge in [-0.2, -0.15) is 10.2 Å². The summed E-state index contributed by atoms with van der Waals surface area (Å²) in [7, 11) is 0. The van der Waals surface area contributed by atoms with Gasteiger partial charge in [0.15, 0.2) is 0 Å². The first-order valence-electron chi connectivity index (χ1n) is 2.86. The van der Waals surface area contributed by atoms with Crippen LogP contribution in [0.5, 0.6) is 0 Å². The van der Waals surface area contributed by atoms with Gasteiger partial charge in [-0.1, -0.05) is 0 Å². The van der Waals surface area contributed by atoms with Crippen molar-refractivity contribution in [3.63, 3.8) is 0 Å². The number of carbonyl (C=O) groups excluding carboxylic acids is 1. The van der Waals surface area contributed by atoms with E-state index >= 15 is 0 Å². The highest BCUT2D eigenvalue weighted by molar-refractivity contribution is 6.68. The van der Waals surface area contributed by atoms with E-state index in [4.69, 9.17) is 11.6 Å². The summed E-state index contributed by atoms with van der Waals surface area (Å²) in [5.41, 5.74) is -0.117. The lowest BCUT2D eigenvalue weighted by atomic mass is 9.90. The zero-order chi connectivity index (χ0) is 7.78. The molecule has 0 spiro atoms. The van der Waals surface area contributed by atoms with Crippen LogP contribution in [-0.2, 0) is 4.79 Å². The quantitative estimate of drug-likeness (QED) is 0.529. The van der Waals surface area contributed by atoms with Crippen molar-refractivity contribution in [2.75, 3.05) is 0 Å². The van der Waals surface area contributed by atoms with Gasteiger partial charge in [-0.3, -0.25) is 4.79 Å². The van der Waals surface area contributed by atoms with Crippen molar-refractivity contribution in [1.29, 1.82) is 0 Å². The Bertz CT molecular complexity index is 234. The Morgan fingerprint density at radius 1 is 1.80 bits per heavy atom. The second-order valence-corrected chi connectivity index (χ2v) is 2.75. The van der Waals surface area contributed by atoms with Gasteiger partial charge in [0.05, 0.1) is 5.71 Å². The summed E-state index contributed by atoms with van der Waals surface area (Å²) >= 11 is 5.31. The standard InChI is InChI=1S/C6H7ClN2O/c1-4-6(2,5(7)10)3-8-9-4/h3H,1-2H3. The summed E-state index contributed by atoms with van der Waals surface area (Å²) in [6, 6.07) is 0. The van der Waals surface area contributed by atoms with Crippen molar-refractivity contribution >= 4 is 28.8 Å². The fraction of sp³-hybridized carbons (Fsp3) is 0.500. The average Bonchev–Trinajstić information content (AvgIpc) is 2.15. The van der Waals surface area contributed by atoms with E-state index in [0.717, 1.165) is 0 Å². The van der Waals surface area contributed by atoms with Crippen molar-refractivity contribution in [3.8, 4) is 0 Å². The van der Waals surface area contributed by atoms with Gasteiger partial charge in [0, 0.05) is 6.21 Å². The molecule has 0 aromatic heterocycles. The first-order chi connectivity index (χ1) is 4.57. The van der Waals surface area contributed by atoms with Crippen LogP contribution in [0.15, 0.2) is 10.2 Å². The van der Waals surface area contributed by atoms with Gasteiger partial charge in [0.25, 0.3) is 0 Å². The van der Waals surface area contributed by atoms with E-state index in [1.165, 1.54) is 6.21 Å². The smallest absolute Gasteiger partial charge is 0.238 e. The summed E-state index contributed by atoms with van der Waals surface area (Å²) in [5.74, 6) is 0. The predicted molar refractivity (Wildman–Crippen MR) is 40.6 cm³/mol. The lowest BCUT2D eigenvalue weighted by molar-refractivity contribution is -0.114. The normalized spacial score (nSPS) is 30.5. The van der Waals surface area contributed by atoms with Crippen molar-refractivity contribution in [2.24, 2.45) is 15.6 Å². The van der Waals surface area contributed by atoms with Gasteiger partial charge in [0.1, 0.15) is 5.41 Å². The van der Waals surface area contributed by atoms with E-state index in [1.54, 1.807) is 13.8 Å². The summed E-state index contributed by atoms with van der Waals surface area (Å²) in [6.07, 6.45) is 1.46. The highest BCUT2D eigenvalue weighted by atomic mass is 35.5. The first-order valence-corrected chi connectivity index (χ1v) is 3.24. The van der Waals surface area contributed by atoms with Crippen LogP contribution in [-0.4, -0.2) is 17.2 Å². The molecular weight excluding hydrogens is 152 g/mol. The minimum Gasteiger partial charge on any atom is -0.280 e. The Morgan fingerprint density at radius 3 is 2.60 bits per heavy atom. The summed E-state index contributed by atoms with van der Waals surface area (Å²) < 4.78 is 0. The molecule has 0 saturated heterocycles. The first kappa shape index (κ1) is 7.41. The third-order valence-corrected chi connectivity index (χ3v) is 2.08. The zero-order valence-corrected chi connectivity index (χ0v) is 6.51. The third-order valence-electron chi connectivity index (χ3n) is 1.68. The molecule has 0 radical (unpaired) electrons. The van der Waals surface area contributed by atoms with E-state index in [9.17, 15) is 4.79 Å². The van der Waals surface area contributed by atoms with E-state index in [2.05, 4.69) is 10.2 Å². The van der Waals surface area contributed by atoms with E-state index in [0.29, 0.717) is 5.71 Å². The molecule has 0 aromatic rings. The number of nitrogens with zero attached hydrogens (tertiary/aromatic N) is 2. The van der Waals surface area contributed by atoms with Crippen molar-refractivity contribution < 1.29 is 4.79 Å². The van der Waals surface area contributed by atoms with Crippen LogP contribution in [0.2, 0.25) is 0 Å². The van der Waals surface area contributed by atoms with Crippen LogP contribution < -0.4 is 0 Å². The van der Waals surface area contributed by atoms with Crippen LogP contribution in [0.1, 0.15) is 13.8 Å². The number of hydrogen-bond acceptors (Lipinski definition) is 3. The second-order valence-electron chi connectivity index (χ2n) is 2.41. The fourth-order valence-corrected chi connectivity index (χ4v) is 0.807. The molecule has 3 nitrogen and oxygen atoms in total. The lowest BCUT2D eigenvalue weighted by Crippen LogP contribution is -2.30. The highest BCUT2D eigenvalue weighted by Crippen LogP contribution is 2.23. The molecule has 0 amide bonds. The van der Waals surface area contributed by atoms with Crippen LogP contribution >= 0.6 is 11.6 Å². The van der Waals surface area contributed by atoms with Crippen molar-refractivity contribution in [2.45, 2.75) is 13.8 Å². The van der Waals surface area contributed by atoms with Gasteiger partial charge in [-0.05, 0) is 25.4 Å². The number of hydrogen-bond donors (Lipinski definition) is 0. The van der Waals surface area contributed by atoms with Gasteiger partial charge in [0.2, 0.25) is 5.24 Å². The Hall–Kier alpha value is -0.700. The van der Waals surface area contributed by atoms with E-state index in [-0.39, 0.29) is 0 Å². The maximum Gasteiger partial charge on any atom is 0.238 e. The van der Waals surface area contributed by atoms with E-state index < -0.39 is 10.7 Å². The fourth-order valence-electron chi connectivity index (χ4n) is 0.621. The Kier molecular flexibility index (Phi) is 1.60. The Labute approximate surface area is 63.8 Å². The summed E-state index contributed by atoms with van der Waals surface area (Å²) in [6.45, 7) is 3.42. The average molecular weight is 159 g/mol. The molecule has 0 bridgehead atoms. The van der Waals surface area contributed by atoms with Crippen LogP contribution in [0, 0.1) is 5.41 Å². The third kappa shape index (κ3) is 0.865. The largest absolute Gasteiger partial charge is 0.280 e. The Morgan fingerprint density at radius 2 is 2.40 bits per heavy atom. The molecule has 1 heterocycles. The molecule has 54 valence electrons. The maximum atomic E-state index is 10.8. The lowest BCUT2D eigenvalue weighted by Gasteiger charge is -2.13. The Balaban J connectivity index is 3.00. The number of halogens is 1. The van der Waals surface area contributed by atoms with Crippen LogP contribution in [0.4, 0.5) is 0 Å². The molecule has 0 saturated carbocycles. The zero-order valence-electron chi connectivity index (χ0n) is 5.76. The molecule has 0 aromatic carbocycles. The molecule has 10 heavy (non-hydrogen) atoms. The van der Waals surface area contributed by atoms with Gasteiger partial charge in [-0.25, -0.2) is 0 Å². The molecule has 1 aliphatic heterocycles. The minimum atomic E-state index is -0.762. The molecule has 1 atom stereocenters. The molecule has 1 aliphatic rings. The van der Waals surface area contributed by atoms with Gasteiger partial charge < -0.3 is 0 Å². The molecule has 1 rings (SSSR count). The monoisotopic (exact) mass is 158 g/mol. The van der Waals surface area contributed by atoms with E-state index in [1.807, 2.05) is 0 Å². The SMILES string of the molecule is CC1=NN=CC1(C)C(=O)Cl. The van der Waals surface area contributed by atoms with Crippen LogP contribution in [0.25, 0.3) is 0 Å². The number of rotatable bonds is 1. The molecule has 0 N–H and O–H groups in total. The minimum absolute atomic E-state index is 0.435. The topological polar surface area (TPSA) is 41.8 Å². The maximum absolute atomic E-state index is 10.8. The number of carbonyl (C=O) groups is 1. The molecule has 1 unspecified atom stereocenters. The summed E-state index contributed by atoms with van der Waals surface area (Å²) in [4.78, 5) is 10.8. The second kappa shape index (κ2) is 2.16. The summed E-state index contributed by atoms with van der Waals surface area (Å²) in [5, 5.41) is 6.85. The highest BCUT2D eigenvalue weighted by Gasteiger charge is 2.36. The molecule has 4 heteroatoms. The van der Waals surface area contributed by atoms with Gasteiger partial charge >= 0.3 is 0 Å². The molecule has 0 fully saturated rings. The van der Waals surface area contributed by atoms with Crippen molar-refractivity contribution in [3.05, 3.63) is 0 Å². The van der Waals surface area contributed by atoms with Crippen molar-refractivity contribution in [1.82, 2.24) is 0 Å². The molecular formula is C6H7ClN2O.